The molecule has 1 aliphatic rings. The molecule has 0 spiro atoms. The predicted octanol–water partition coefficient (Wildman–Crippen LogP) is 2.91. The van der Waals surface area contributed by atoms with Gasteiger partial charge in [0, 0.05) is 12.2 Å². The van der Waals surface area contributed by atoms with Gasteiger partial charge in [0.2, 0.25) is 5.91 Å². The molecule has 5 heteroatoms. The van der Waals surface area contributed by atoms with E-state index in [1.807, 2.05) is 48.8 Å². The van der Waals surface area contributed by atoms with Gasteiger partial charge in [-0.15, -0.1) is 0 Å². The Kier molecular flexibility index (Phi) is 4.01. The van der Waals surface area contributed by atoms with Gasteiger partial charge in [-0.25, -0.2) is 4.98 Å². The molecule has 3 N–H and O–H groups in total. The number of nitrogens with one attached hydrogen (secondary N) is 1. The molecule has 0 atom stereocenters. The summed E-state index contributed by atoms with van der Waals surface area (Å²) in [5.74, 6) is -0.0327. The van der Waals surface area contributed by atoms with E-state index in [2.05, 4.69) is 20.9 Å². The molecule has 25 heavy (non-hydrogen) atoms. The fourth-order valence-corrected chi connectivity index (χ4v) is 3.53. The second-order valence-corrected chi connectivity index (χ2v) is 6.82. The number of aromatic nitrogens is 2. The van der Waals surface area contributed by atoms with Crippen LogP contribution in [0.25, 0.3) is 16.7 Å². The minimum atomic E-state index is -0.671. The number of carbonyl (C=O) groups excluding carboxylic acids is 1. The molecular formula is C20H22N4O. The minimum Gasteiger partial charge on any atom is -0.350 e. The van der Waals surface area contributed by atoms with Gasteiger partial charge >= 0.3 is 0 Å². The molecule has 1 heterocycles. The van der Waals surface area contributed by atoms with Crippen LogP contribution in [0.2, 0.25) is 0 Å². The number of nitrogens with two attached hydrogens (primary N) is 1. The van der Waals surface area contributed by atoms with Crippen molar-refractivity contribution in [2.24, 2.45) is 5.73 Å². The number of hydrogen-bond acceptors (Lipinski definition) is 3. The molecule has 1 saturated carbocycles. The smallest absolute Gasteiger partial charge is 0.240 e. The van der Waals surface area contributed by atoms with E-state index in [-0.39, 0.29) is 5.91 Å². The van der Waals surface area contributed by atoms with E-state index in [0.717, 1.165) is 48.0 Å². The van der Waals surface area contributed by atoms with E-state index in [9.17, 15) is 4.79 Å². The van der Waals surface area contributed by atoms with Crippen molar-refractivity contribution in [3.05, 3.63) is 60.4 Å². The highest BCUT2D eigenvalue weighted by Crippen LogP contribution is 2.27. The van der Waals surface area contributed by atoms with Gasteiger partial charge in [0.25, 0.3) is 0 Å². The van der Waals surface area contributed by atoms with Crippen molar-refractivity contribution in [1.82, 2.24) is 14.9 Å². The number of nitrogens with zero attached hydrogens (tertiary/aromatic N) is 2. The summed E-state index contributed by atoms with van der Waals surface area (Å²) in [6.45, 7) is 0.503. The van der Waals surface area contributed by atoms with Gasteiger partial charge in [-0.1, -0.05) is 37.1 Å². The summed E-state index contributed by atoms with van der Waals surface area (Å²) in [5, 5.41) is 2.98. The Hall–Kier alpha value is -2.66. The molecule has 0 unspecified atom stereocenters. The molecule has 0 radical (unpaired) electrons. The molecule has 0 aliphatic heterocycles. The SMILES string of the molecule is NC1(C(=O)NCc2ccc(-n3cnc4ccccc43)cc2)CCCC1. The average Bonchev–Trinajstić information content (AvgIpc) is 3.27. The molecule has 1 amide bonds. The Morgan fingerprint density at radius 2 is 1.84 bits per heavy atom. The molecule has 2 aromatic carbocycles. The summed E-state index contributed by atoms with van der Waals surface area (Å²) >= 11 is 0. The monoisotopic (exact) mass is 334 g/mol. The third-order valence-electron chi connectivity index (χ3n) is 5.07. The van der Waals surface area contributed by atoms with Crippen LogP contribution in [0, 0.1) is 0 Å². The summed E-state index contributed by atoms with van der Waals surface area (Å²) in [5.41, 5.74) is 9.68. The van der Waals surface area contributed by atoms with Crippen molar-refractivity contribution in [2.75, 3.05) is 0 Å². The van der Waals surface area contributed by atoms with Crippen molar-refractivity contribution < 1.29 is 4.79 Å². The summed E-state index contributed by atoms with van der Waals surface area (Å²) in [6.07, 6.45) is 5.48. The molecular weight excluding hydrogens is 312 g/mol. The van der Waals surface area contributed by atoms with Crippen molar-refractivity contribution >= 4 is 16.9 Å². The van der Waals surface area contributed by atoms with Gasteiger partial charge in [0.15, 0.2) is 0 Å². The fourth-order valence-electron chi connectivity index (χ4n) is 3.53. The van der Waals surface area contributed by atoms with Crippen LogP contribution in [0.1, 0.15) is 31.2 Å². The van der Waals surface area contributed by atoms with Gasteiger partial charge in [-0.2, -0.15) is 0 Å². The first-order valence-corrected chi connectivity index (χ1v) is 8.74. The third-order valence-corrected chi connectivity index (χ3v) is 5.07. The maximum absolute atomic E-state index is 12.3. The normalized spacial score (nSPS) is 16.2. The maximum atomic E-state index is 12.3. The summed E-state index contributed by atoms with van der Waals surface area (Å²) < 4.78 is 2.06. The zero-order valence-electron chi connectivity index (χ0n) is 14.1. The summed E-state index contributed by atoms with van der Waals surface area (Å²) in [4.78, 5) is 16.7. The van der Waals surface area contributed by atoms with Crippen molar-refractivity contribution in [1.29, 1.82) is 0 Å². The Balaban J connectivity index is 1.46. The Morgan fingerprint density at radius 3 is 2.60 bits per heavy atom. The molecule has 0 bridgehead atoms. The van der Waals surface area contributed by atoms with Crippen LogP contribution >= 0.6 is 0 Å². The van der Waals surface area contributed by atoms with E-state index in [0.29, 0.717) is 6.54 Å². The number of amides is 1. The Labute approximate surface area is 146 Å². The van der Waals surface area contributed by atoms with Gasteiger partial charge in [-0.3, -0.25) is 9.36 Å². The highest BCUT2D eigenvalue weighted by atomic mass is 16.2. The molecule has 1 fully saturated rings. The maximum Gasteiger partial charge on any atom is 0.240 e. The molecule has 0 saturated heterocycles. The highest BCUT2D eigenvalue weighted by Gasteiger charge is 2.36. The molecule has 5 nitrogen and oxygen atoms in total. The van der Waals surface area contributed by atoms with E-state index in [1.54, 1.807) is 0 Å². The second kappa shape index (κ2) is 6.33. The lowest BCUT2D eigenvalue weighted by molar-refractivity contribution is -0.126. The molecule has 128 valence electrons. The second-order valence-electron chi connectivity index (χ2n) is 6.82. The van der Waals surface area contributed by atoms with Crippen LogP contribution in [0.5, 0.6) is 0 Å². The van der Waals surface area contributed by atoms with Gasteiger partial charge in [-0.05, 0) is 42.7 Å². The van der Waals surface area contributed by atoms with Gasteiger partial charge < -0.3 is 11.1 Å². The lowest BCUT2D eigenvalue weighted by Gasteiger charge is -2.22. The molecule has 4 rings (SSSR count). The summed E-state index contributed by atoms with van der Waals surface area (Å²) in [7, 11) is 0. The van der Waals surface area contributed by atoms with Crippen molar-refractivity contribution in [3.63, 3.8) is 0 Å². The van der Waals surface area contributed by atoms with Crippen LogP contribution in [0.3, 0.4) is 0 Å². The number of para-hydroxylation sites is 2. The first kappa shape index (κ1) is 15.8. The zero-order chi connectivity index (χ0) is 17.3. The topological polar surface area (TPSA) is 72.9 Å². The summed E-state index contributed by atoms with van der Waals surface area (Å²) in [6, 6.07) is 16.2. The van der Waals surface area contributed by atoms with Crippen LogP contribution < -0.4 is 11.1 Å². The first-order valence-electron chi connectivity index (χ1n) is 8.74. The van der Waals surface area contributed by atoms with Gasteiger partial charge in [0.05, 0.1) is 16.6 Å². The number of carbonyl (C=O) groups is 1. The van der Waals surface area contributed by atoms with Crippen LogP contribution in [0.15, 0.2) is 54.9 Å². The number of benzene rings is 2. The lowest BCUT2D eigenvalue weighted by atomic mass is 9.98. The minimum absolute atomic E-state index is 0.0327. The van der Waals surface area contributed by atoms with Crippen LogP contribution in [0.4, 0.5) is 0 Å². The van der Waals surface area contributed by atoms with E-state index < -0.39 is 5.54 Å². The zero-order valence-corrected chi connectivity index (χ0v) is 14.1. The van der Waals surface area contributed by atoms with Gasteiger partial charge in [0.1, 0.15) is 6.33 Å². The number of hydrogen-bond donors (Lipinski definition) is 2. The average molecular weight is 334 g/mol. The predicted molar refractivity (Wildman–Crippen MR) is 98.3 cm³/mol. The third kappa shape index (κ3) is 3.03. The Morgan fingerprint density at radius 1 is 1.12 bits per heavy atom. The van der Waals surface area contributed by atoms with E-state index in [4.69, 9.17) is 5.73 Å². The Bertz CT molecular complexity index is 891. The lowest BCUT2D eigenvalue weighted by Crippen LogP contribution is -2.51. The standard InChI is InChI=1S/C20H22N4O/c21-20(11-3-4-12-20)19(25)22-13-15-7-9-16(10-8-15)24-14-23-17-5-1-2-6-18(17)24/h1-2,5-10,14H,3-4,11-13,21H2,(H,22,25). The van der Waals surface area contributed by atoms with E-state index in [1.165, 1.54) is 0 Å². The number of fused-ring (bicyclic) bond motifs is 1. The van der Waals surface area contributed by atoms with Crippen molar-refractivity contribution in [3.8, 4) is 5.69 Å². The number of imidazole rings is 1. The van der Waals surface area contributed by atoms with Crippen LogP contribution in [-0.4, -0.2) is 21.0 Å². The quantitative estimate of drug-likeness (QED) is 0.770. The largest absolute Gasteiger partial charge is 0.350 e. The first-order chi connectivity index (χ1) is 12.2. The fraction of sp³-hybridized carbons (Fsp3) is 0.300. The molecule has 1 aromatic heterocycles. The highest BCUT2D eigenvalue weighted by molar-refractivity contribution is 5.86. The van der Waals surface area contributed by atoms with Crippen LogP contribution in [-0.2, 0) is 11.3 Å². The molecule has 1 aliphatic carbocycles. The number of rotatable bonds is 4. The van der Waals surface area contributed by atoms with E-state index >= 15 is 0 Å². The molecule has 3 aromatic rings. The van der Waals surface area contributed by atoms with Crippen molar-refractivity contribution in [2.45, 2.75) is 37.8 Å².